The second-order valence-corrected chi connectivity index (χ2v) is 3.68. The third-order valence-corrected chi connectivity index (χ3v) is 2.40. The second kappa shape index (κ2) is 5.75. The normalized spacial score (nSPS) is 13.1. The first-order valence-electron chi connectivity index (χ1n) is 4.48. The minimum absolute atomic E-state index is 0. The molecule has 0 saturated carbocycles. The SMILES string of the molecule is CC[C@@H](N)c1ccc(Cl)cc1C(F)(F)F.Cl. The Morgan fingerprint density at radius 2 is 1.94 bits per heavy atom. The molecule has 0 amide bonds. The summed E-state index contributed by atoms with van der Waals surface area (Å²) in [4.78, 5) is 0. The third-order valence-electron chi connectivity index (χ3n) is 2.16. The molecular formula is C10H12Cl2F3N. The van der Waals surface area contributed by atoms with Crippen molar-refractivity contribution in [1.82, 2.24) is 0 Å². The molecule has 0 aliphatic rings. The van der Waals surface area contributed by atoms with Crippen molar-refractivity contribution in [2.75, 3.05) is 0 Å². The number of benzene rings is 1. The quantitative estimate of drug-likeness (QED) is 0.859. The fourth-order valence-electron chi connectivity index (χ4n) is 1.32. The van der Waals surface area contributed by atoms with Crippen molar-refractivity contribution in [3.8, 4) is 0 Å². The highest BCUT2D eigenvalue weighted by atomic mass is 35.5. The van der Waals surface area contributed by atoms with Gasteiger partial charge in [0.15, 0.2) is 0 Å². The van der Waals surface area contributed by atoms with Gasteiger partial charge < -0.3 is 5.73 Å². The predicted octanol–water partition coefficient (Wildman–Crippen LogP) is 4.19. The molecular weight excluding hydrogens is 262 g/mol. The van der Waals surface area contributed by atoms with Crippen LogP contribution in [0.4, 0.5) is 13.2 Å². The number of halogens is 5. The molecule has 1 aromatic carbocycles. The summed E-state index contributed by atoms with van der Waals surface area (Å²) in [6.45, 7) is 1.74. The standard InChI is InChI=1S/C10H11ClF3N.ClH/c1-2-9(15)7-4-3-6(11)5-8(7)10(12,13)14;/h3-5,9H,2,15H2,1H3;1H/t9-;/m1./s1. The van der Waals surface area contributed by atoms with Crippen molar-refractivity contribution in [2.45, 2.75) is 25.6 Å². The molecule has 0 heterocycles. The first-order valence-corrected chi connectivity index (χ1v) is 4.86. The first-order chi connectivity index (χ1) is 6.86. The smallest absolute Gasteiger partial charge is 0.324 e. The van der Waals surface area contributed by atoms with Crippen molar-refractivity contribution in [1.29, 1.82) is 0 Å². The summed E-state index contributed by atoms with van der Waals surface area (Å²) in [5, 5.41) is 0.0642. The molecule has 0 unspecified atom stereocenters. The van der Waals surface area contributed by atoms with Crippen LogP contribution in [-0.4, -0.2) is 0 Å². The zero-order valence-corrected chi connectivity index (χ0v) is 10.1. The topological polar surface area (TPSA) is 26.0 Å². The first kappa shape index (κ1) is 15.5. The number of nitrogens with two attached hydrogens (primary N) is 1. The lowest BCUT2D eigenvalue weighted by atomic mass is 9.99. The Morgan fingerprint density at radius 1 is 1.38 bits per heavy atom. The van der Waals surface area contributed by atoms with Gasteiger partial charge in [0.2, 0.25) is 0 Å². The highest BCUT2D eigenvalue weighted by Gasteiger charge is 2.34. The number of alkyl halides is 3. The highest BCUT2D eigenvalue weighted by Crippen LogP contribution is 2.36. The number of hydrogen-bond acceptors (Lipinski definition) is 1. The van der Waals surface area contributed by atoms with Gasteiger partial charge in [-0.3, -0.25) is 0 Å². The van der Waals surface area contributed by atoms with Crippen LogP contribution in [0.1, 0.15) is 30.5 Å². The zero-order valence-electron chi connectivity index (χ0n) is 8.51. The maximum Gasteiger partial charge on any atom is 0.416 e. The Labute approximate surface area is 103 Å². The van der Waals surface area contributed by atoms with Crippen molar-refractivity contribution in [3.63, 3.8) is 0 Å². The summed E-state index contributed by atoms with van der Waals surface area (Å²) in [5.74, 6) is 0. The van der Waals surface area contributed by atoms with Crippen LogP contribution in [0.2, 0.25) is 5.02 Å². The summed E-state index contributed by atoms with van der Waals surface area (Å²) < 4.78 is 37.8. The van der Waals surface area contributed by atoms with E-state index in [-0.39, 0.29) is 23.0 Å². The molecule has 0 aliphatic carbocycles. The molecule has 1 nitrogen and oxygen atoms in total. The van der Waals surface area contributed by atoms with Crippen LogP contribution in [0.25, 0.3) is 0 Å². The van der Waals surface area contributed by atoms with Crippen LogP contribution in [0.15, 0.2) is 18.2 Å². The van der Waals surface area contributed by atoms with E-state index >= 15 is 0 Å². The molecule has 2 N–H and O–H groups in total. The van der Waals surface area contributed by atoms with Crippen LogP contribution in [-0.2, 0) is 6.18 Å². The molecule has 0 radical (unpaired) electrons. The molecule has 92 valence electrons. The Kier molecular flexibility index (Phi) is 5.59. The van der Waals surface area contributed by atoms with E-state index in [9.17, 15) is 13.2 Å². The zero-order chi connectivity index (χ0) is 11.6. The average Bonchev–Trinajstić information content (AvgIpc) is 2.15. The van der Waals surface area contributed by atoms with Crippen molar-refractivity contribution in [3.05, 3.63) is 34.3 Å². The van der Waals surface area contributed by atoms with Crippen LogP contribution in [0.5, 0.6) is 0 Å². The number of rotatable bonds is 2. The van der Waals surface area contributed by atoms with Crippen molar-refractivity contribution in [2.24, 2.45) is 5.73 Å². The lowest BCUT2D eigenvalue weighted by Gasteiger charge is -2.17. The molecule has 1 atom stereocenters. The van der Waals surface area contributed by atoms with E-state index in [1.165, 1.54) is 12.1 Å². The maximum absolute atomic E-state index is 12.6. The maximum atomic E-state index is 12.6. The summed E-state index contributed by atoms with van der Waals surface area (Å²) in [5.41, 5.74) is 4.94. The van der Waals surface area contributed by atoms with Crippen LogP contribution in [0.3, 0.4) is 0 Å². The minimum Gasteiger partial charge on any atom is -0.324 e. The Bertz CT molecular complexity index is 352. The van der Waals surface area contributed by atoms with Gasteiger partial charge in [0.1, 0.15) is 0 Å². The van der Waals surface area contributed by atoms with Gasteiger partial charge in [-0.05, 0) is 24.1 Å². The summed E-state index contributed by atoms with van der Waals surface area (Å²) in [6, 6.07) is 3.05. The molecule has 0 saturated heterocycles. The summed E-state index contributed by atoms with van der Waals surface area (Å²) in [7, 11) is 0. The van der Waals surface area contributed by atoms with E-state index in [0.717, 1.165) is 6.07 Å². The number of hydrogen-bond donors (Lipinski definition) is 1. The Hall–Kier alpha value is -0.450. The molecule has 1 aromatic rings. The van der Waals surface area contributed by atoms with Gasteiger partial charge in [-0.1, -0.05) is 24.6 Å². The monoisotopic (exact) mass is 273 g/mol. The van der Waals surface area contributed by atoms with Gasteiger partial charge in [-0.25, -0.2) is 0 Å². The minimum atomic E-state index is -4.41. The molecule has 0 aliphatic heterocycles. The molecule has 6 heteroatoms. The van der Waals surface area contributed by atoms with Gasteiger partial charge in [0.25, 0.3) is 0 Å². The fourth-order valence-corrected chi connectivity index (χ4v) is 1.49. The summed E-state index contributed by atoms with van der Waals surface area (Å²) in [6.07, 6.45) is -3.96. The molecule has 16 heavy (non-hydrogen) atoms. The molecule has 0 fully saturated rings. The molecule has 1 rings (SSSR count). The van der Waals surface area contributed by atoms with Crippen molar-refractivity contribution >= 4 is 24.0 Å². The van der Waals surface area contributed by atoms with Gasteiger partial charge >= 0.3 is 6.18 Å². The van der Waals surface area contributed by atoms with Crippen LogP contribution < -0.4 is 5.73 Å². The summed E-state index contributed by atoms with van der Waals surface area (Å²) >= 11 is 5.53. The highest BCUT2D eigenvalue weighted by molar-refractivity contribution is 6.30. The van der Waals surface area contributed by atoms with Gasteiger partial charge in [0, 0.05) is 11.1 Å². The van der Waals surface area contributed by atoms with E-state index in [2.05, 4.69) is 0 Å². The predicted molar refractivity (Wildman–Crippen MR) is 60.9 cm³/mol. The van der Waals surface area contributed by atoms with E-state index in [1.807, 2.05) is 0 Å². The lowest BCUT2D eigenvalue weighted by Crippen LogP contribution is -2.16. The van der Waals surface area contributed by atoms with Gasteiger partial charge in [0.05, 0.1) is 5.56 Å². The van der Waals surface area contributed by atoms with E-state index in [0.29, 0.717) is 6.42 Å². The Balaban J connectivity index is 0.00000225. The van der Waals surface area contributed by atoms with E-state index < -0.39 is 17.8 Å². The van der Waals surface area contributed by atoms with Gasteiger partial charge in [-0.2, -0.15) is 13.2 Å². The Morgan fingerprint density at radius 3 is 2.38 bits per heavy atom. The largest absolute Gasteiger partial charge is 0.416 e. The lowest BCUT2D eigenvalue weighted by molar-refractivity contribution is -0.138. The molecule has 0 bridgehead atoms. The fraction of sp³-hybridized carbons (Fsp3) is 0.400. The van der Waals surface area contributed by atoms with Crippen molar-refractivity contribution < 1.29 is 13.2 Å². The van der Waals surface area contributed by atoms with E-state index in [1.54, 1.807) is 6.92 Å². The average molecular weight is 274 g/mol. The molecule has 0 spiro atoms. The third kappa shape index (κ3) is 3.54. The second-order valence-electron chi connectivity index (χ2n) is 3.24. The van der Waals surface area contributed by atoms with Crippen LogP contribution in [0, 0.1) is 0 Å². The van der Waals surface area contributed by atoms with E-state index in [4.69, 9.17) is 17.3 Å². The molecule has 0 aromatic heterocycles. The van der Waals surface area contributed by atoms with Gasteiger partial charge in [-0.15, -0.1) is 12.4 Å². The van der Waals surface area contributed by atoms with Crippen LogP contribution >= 0.6 is 24.0 Å².